The van der Waals surface area contributed by atoms with E-state index in [4.69, 9.17) is 4.98 Å². The van der Waals surface area contributed by atoms with Gasteiger partial charge < -0.3 is 9.88 Å². The van der Waals surface area contributed by atoms with E-state index in [1.807, 2.05) is 30.5 Å². The van der Waals surface area contributed by atoms with Crippen molar-refractivity contribution in [2.45, 2.75) is 37.2 Å². The zero-order valence-corrected chi connectivity index (χ0v) is 16.5. The van der Waals surface area contributed by atoms with Crippen LogP contribution in [0.15, 0.2) is 41.0 Å². The number of nitrogens with zero attached hydrogens (tertiary/aromatic N) is 5. The van der Waals surface area contributed by atoms with Crippen LogP contribution in [0.25, 0.3) is 22.1 Å². The summed E-state index contributed by atoms with van der Waals surface area (Å²) in [5, 5.41) is 15.0. The first-order valence-corrected chi connectivity index (χ1v) is 10.4. The fourth-order valence-corrected chi connectivity index (χ4v) is 4.13. The summed E-state index contributed by atoms with van der Waals surface area (Å²) >= 11 is 2.68. The highest BCUT2D eigenvalue weighted by Gasteiger charge is 2.19. The third-order valence-corrected chi connectivity index (χ3v) is 5.76. The van der Waals surface area contributed by atoms with E-state index in [0.29, 0.717) is 10.3 Å². The van der Waals surface area contributed by atoms with Crippen LogP contribution in [0.3, 0.4) is 0 Å². The minimum Gasteiger partial charge on any atom is -0.324 e. The Labute approximate surface area is 164 Å². The van der Waals surface area contributed by atoms with Crippen molar-refractivity contribution in [3.8, 4) is 0 Å². The maximum atomic E-state index is 12.3. The average Bonchev–Trinajstić information content (AvgIpc) is 3.29. The molecule has 0 spiro atoms. The predicted octanol–water partition coefficient (Wildman–Crippen LogP) is 3.97. The second kappa shape index (κ2) is 7.61. The largest absolute Gasteiger partial charge is 0.324 e. The monoisotopic (exact) mass is 398 g/mol. The SMILES string of the molecule is CCCn1c2ccccc2c2nnc(S[C@H](C)C(=O)Nc3nccs3)nc21. The Kier molecular flexibility index (Phi) is 5.04. The normalized spacial score (nSPS) is 12.5. The molecule has 0 fully saturated rings. The van der Waals surface area contributed by atoms with Gasteiger partial charge in [-0.3, -0.25) is 4.79 Å². The second-order valence-corrected chi connectivity index (χ2v) is 8.22. The molecule has 3 aromatic heterocycles. The number of fused-ring (bicyclic) bond motifs is 3. The summed E-state index contributed by atoms with van der Waals surface area (Å²) in [6.45, 7) is 4.81. The van der Waals surface area contributed by atoms with Crippen molar-refractivity contribution in [2.24, 2.45) is 0 Å². The van der Waals surface area contributed by atoms with Crippen LogP contribution in [0.1, 0.15) is 20.3 Å². The lowest BCUT2D eigenvalue weighted by Gasteiger charge is -2.09. The molecule has 9 heteroatoms. The average molecular weight is 399 g/mol. The zero-order chi connectivity index (χ0) is 18.8. The smallest absolute Gasteiger partial charge is 0.239 e. The van der Waals surface area contributed by atoms with E-state index in [-0.39, 0.29) is 11.2 Å². The van der Waals surface area contributed by atoms with Crippen LogP contribution < -0.4 is 5.32 Å². The number of benzene rings is 1. The Morgan fingerprint density at radius 1 is 1.33 bits per heavy atom. The van der Waals surface area contributed by atoms with Gasteiger partial charge in [-0.2, -0.15) is 0 Å². The van der Waals surface area contributed by atoms with E-state index >= 15 is 0 Å². The van der Waals surface area contributed by atoms with Crippen molar-refractivity contribution < 1.29 is 4.79 Å². The lowest BCUT2D eigenvalue weighted by Crippen LogP contribution is -2.22. The van der Waals surface area contributed by atoms with Gasteiger partial charge >= 0.3 is 0 Å². The minimum absolute atomic E-state index is 0.132. The lowest BCUT2D eigenvalue weighted by atomic mass is 10.2. The number of para-hydroxylation sites is 1. The number of hydrogen-bond acceptors (Lipinski definition) is 7. The van der Waals surface area contributed by atoms with Gasteiger partial charge in [0.2, 0.25) is 11.1 Å². The fraction of sp³-hybridized carbons (Fsp3) is 0.278. The van der Waals surface area contributed by atoms with Gasteiger partial charge in [0.25, 0.3) is 0 Å². The van der Waals surface area contributed by atoms with E-state index in [0.717, 1.165) is 35.0 Å². The number of anilines is 1. The molecule has 4 rings (SSSR count). The Hall–Kier alpha value is -2.52. The number of amides is 1. The number of hydrogen-bond donors (Lipinski definition) is 1. The van der Waals surface area contributed by atoms with Crippen LogP contribution in [0.5, 0.6) is 0 Å². The van der Waals surface area contributed by atoms with E-state index in [1.165, 1.54) is 23.1 Å². The Morgan fingerprint density at radius 2 is 2.19 bits per heavy atom. The quantitative estimate of drug-likeness (QED) is 0.495. The van der Waals surface area contributed by atoms with Crippen LogP contribution >= 0.6 is 23.1 Å². The molecule has 0 radical (unpaired) electrons. The summed E-state index contributed by atoms with van der Waals surface area (Å²) in [6.07, 6.45) is 2.65. The van der Waals surface area contributed by atoms with E-state index in [9.17, 15) is 4.79 Å². The van der Waals surface area contributed by atoms with Gasteiger partial charge in [0.1, 0.15) is 5.52 Å². The molecule has 7 nitrogen and oxygen atoms in total. The van der Waals surface area contributed by atoms with Gasteiger partial charge in [-0.05, 0) is 19.4 Å². The number of thiazole rings is 1. The number of aromatic nitrogens is 5. The summed E-state index contributed by atoms with van der Waals surface area (Å²) in [6, 6.07) is 8.12. The molecule has 0 saturated heterocycles. The third-order valence-electron chi connectivity index (χ3n) is 4.12. The molecule has 1 aromatic carbocycles. The summed E-state index contributed by atoms with van der Waals surface area (Å²) in [7, 11) is 0. The van der Waals surface area contributed by atoms with Gasteiger partial charge in [-0.1, -0.05) is 36.9 Å². The summed E-state index contributed by atoms with van der Waals surface area (Å²) in [5.41, 5.74) is 2.71. The molecule has 0 aliphatic rings. The van der Waals surface area contributed by atoms with E-state index in [2.05, 4.69) is 38.1 Å². The molecule has 0 saturated carbocycles. The molecule has 3 heterocycles. The van der Waals surface area contributed by atoms with Crippen molar-refractivity contribution >= 4 is 56.2 Å². The topological polar surface area (TPSA) is 85.6 Å². The number of carbonyl (C=O) groups excluding carboxylic acids is 1. The van der Waals surface area contributed by atoms with Crippen LogP contribution in [0.2, 0.25) is 0 Å². The van der Waals surface area contributed by atoms with Gasteiger partial charge in [-0.15, -0.1) is 21.5 Å². The molecule has 138 valence electrons. The molecule has 0 aliphatic heterocycles. The lowest BCUT2D eigenvalue weighted by molar-refractivity contribution is -0.115. The van der Waals surface area contributed by atoms with Crippen LogP contribution in [-0.4, -0.2) is 35.9 Å². The Morgan fingerprint density at radius 3 is 2.96 bits per heavy atom. The molecule has 1 atom stereocenters. The van der Waals surface area contributed by atoms with Crippen molar-refractivity contribution in [3.63, 3.8) is 0 Å². The highest BCUT2D eigenvalue weighted by atomic mass is 32.2. The molecule has 1 amide bonds. The highest BCUT2D eigenvalue weighted by molar-refractivity contribution is 8.00. The first-order chi connectivity index (χ1) is 13.2. The molecule has 0 unspecified atom stereocenters. The number of nitrogens with one attached hydrogen (secondary N) is 1. The fourth-order valence-electron chi connectivity index (χ4n) is 2.89. The van der Waals surface area contributed by atoms with Crippen molar-refractivity contribution in [2.75, 3.05) is 5.32 Å². The molecule has 0 bridgehead atoms. The second-order valence-electron chi connectivity index (χ2n) is 6.02. The Bertz CT molecular complexity index is 1090. The molecule has 27 heavy (non-hydrogen) atoms. The number of rotatable bonds is 6. The predicted molar refractivity (Wildman–Crippen MR) is 109 cm³/mol. The van der Waals surface area contributed by atoms with Gasteiger partial charge in [0, 0.05) is 23.5 Å². The van der Waals surface area contributed by atoms with Crippen molar-refractivity contribution in [3.05, 3.63) is 35.8 Å². The molecule has 1 N–H and O–H groups in total. The van der Waals surface area contributed by atoms with E-state index in [1.54, 1.807) is 6.20 Å². The molecule has 4 aromatic rings. The number of aryl methyl sites for hydroxylation is 1. The maximum Gasteiger partial charge on any atom is 0.239 e. The van der Waals surface area contributed by atoms with Crippen molar-refractivity contribution in [1.29, 1.82) is 0 Å². The van der Waals surface area contributed by atoms with Gasteiger partial charge in [-0.25, -0.2) is 9.97 Å². The standard InChI is InChI=1S/C18H18N6OS2/c1-3-9-24-13-7-5-4-6-12(13)14-15(24)20-18(23-22-14)27-11(2)16(25)21-17-19-8-10-26-17/h4-8,10-11H,3,9H2,1-2H3,(H,19,21,25)/t11-/m1/s1. The van der Waals surface area contributed by atoms with Crippen LogP contribution in [0, 0.1) is 0 Å². The van der Waals surface area contributed by atoms with E-state index < -0.39 is 0 Å². The highest BCUT2D eigenvalue weighted by Crippen LogP contribution is 2.28. The number of thioether (sulfide) groups is 1. The molecular weight excluding hydrogens is 380 g/mol. The summed E-state index contributed by atoms with van der Waals surface area (Å²) in [4.78, 5) is 21.1. The first-order valence-electron chi connectivity index (χ1n) is 8.66. The van der Waals surface area contributed by atoms with Crippen molar-refractivity contribution in [1.82, 2.24) is 24.7 Å². The third kappa shape index (κ3) is 3.52. The van der Waals surface area contributed by atoms with Crippen LogP contribution in [0.4, 0.5) is 5.13 Å². The van der Waals surface area contributed by atoms with Crippen LogP contribution in [-0.2, 0) is 11.3 Å². The molecular formula is C18H18N6OS2. The maximum absolute atomic E-state index is 12.3. The van der Waals surface area contributed by atoms with Gasteiger partial charge in [0.15, 0.2) is 10.8 Å². The number of carbonyl (C=O) groups is 1. The molecule has 0 aliphatic carbocycles. The Balaban J connectivity index is 1.63. The minimum atomic E-state index is -0.364. The first kappa shape index (κ1) is 17.9. The zero-order valence-electron chi connectivity index (χ0n) is 14.9. The summed E-state index contributed by atoms with van der Waals surface area (Å²) in [5.74, 6) is -0.132. The van der Waals surface area contributed by atoms with Gasteiger partial charge in [0.05, 0.1) is 10.8 Å². The summed E-state index contributed by atoms with van der Waals surface area (Å²) < 4.78 is 2.17.